The molecule has 4 N–H and O–H groups in total. The van der Waals surface area contributed by atoms with Crippen LogP contribution in [0.1, 0.15) is 23.7 Å². The highest BCUT2D eigenvalue weighted by Gasteiger charge is 2.23. The standard InChI is InChI=1S/C19H22N2O4/c22-14-9-15(19-16(10-14)21-18(24)12-25-19)17(23)11-20-8-4-7-13-5-2-1-3-6-13/h1-3,5-6,9-10,17,20,22-23H,4,7-8,11-12H2,(H,21,24). The summed E-state index contributed by atoms with van der Waals surface area (Å²) in [5.41, 5.74) is 2.14. The number of hydrogen-bond acceptors (Lipinski definition) is 5. The van der Waals surface area contributed by atoms with E-state index in [1.807, 2.05) is 18.2 Å². The van der Waals surface area contributed by atoms with Gasteiger partial charge in [0.05, 0.1) is 11.8 Å². The van der Waals surface area contributed by atoms with Crippen LogP contribution in [0.3, 0.4) is 0 Å². The molecular formula is C19H22N2O4. The molecule has 1 unspecified atom stereocenters. The Balaban J connectivity index is 1.53. The van der Waals surface area contributed by atoms with Gasteiger partial charge in [0.2, 0.25) is 0 Å². The summed E-state index contributed by atoms with van der Waals surface area (Å²) >= 11 is 0. The number of phenolic OH excluding ortho intramolecular Hbond substituents is 1. The van der Waals surface area contributed by atoms with Crippen LogP contribution < -0.4 is 15.4 Å². The minimum Gasteiger partial charge on any atom is -0.508 e. The van der Waals surface area contributed by atoms with Gasteiger partial charge in [-0.05, 0) is 31.0 Å². The third kappa shape index (κ3) is 4.49. The number of carbonyl (C=O) groups is 1. The lowest BCUT2D eigenvalue weighted by Gasteiger charge is -2.23. The first kappa shape index (κ1) is 17.3. The average Bonchev–Trinajstić information content (AvgIpc) is 2.61. The molecule has 1 heterocycles. The van der Waals surface area contributed by atoms with Crippen LogP contribution in [0.15, 0.2) is 42.5 Å². The first-order chi connectivity index (χ1) is 12.1. The second kappa shape index (κ2) is 8.00. The molecule has 0 saturated carbocycles. The highest BCUT2D eigenvalue weighted by Crippen LogP contribution is 2.38. The van der Waals surface area contributed by atoms with Gasteiger partial charge >= 0.3 is 0 Å². The van der Waals surface area contributed by atoms with Crippen LogP contribution in [0, 0.1) is 0 Å². The number of rotatable bonds is 7. The predicted molar refractivity (Wildman–Crippen MR) is 94.8 cm³/mol. The second-order valence-electron chi connectivity index (χ2n) is 6.06. The molecule has 132 valence electrons. The van der Waals surface area contributed by atoms with Crippen molar-refractivity contribution < 1.29 is 19.7 Å². The fourth-order valence-electron chi connectivity index (χ4n) is 2.87. The zero-order valence-electron chi connectivity index (χ0n) is 13.9. The third-order valence-electron chi connectivity index (χ3n) is 4.08. The molecule has 2 aromatic rings. The Kier molecular flexibility index (Phi) is 5.53. The molecule has 6 heteroatoms. The van der Waals surface area contributed by atoms with E-state index in [1.165, 1.54) is 17.7 Å². The quantitative estimate of drug-likeness (QED) is 0.578. The van der Waals surface area contributed by atoms with Gasteiger partial charge in [-0.1, -0.05) is 30.3 Å². The lowest BCUT2D eigenvalue weighted by Crippen LogP contribution is -2.28. The Hall–Kier alpha value is -2.57. The number of aryl methyl sites for hydroxylation is 1. The highest BCUT2D eigenvalue weighted by molar-refractivity contribution is 5.96. The van der Waals surface area contributed by atoms with Gasteiger partial charge in [-0.2, -0.15) is 0 Å². The monoisotopic (exact) mass is 342 g/mol. The largest absolute Gasteiger partial charge is 0.508 e. The van der Waals surface area contributed by atoms with E-state index in [0.29, 0.717) is 23.5 Å². The SMILES string of the molecule is O=C1COc2c(cc(O)cc2C(O)CNCCCc2ccccc2)N1. The van der Waals surface area contributed by atoms with Crippen molar-refractivity contribution in [3.63, 3.8) is 0 Å². The molecule has 0 aliphatic carbocycles. The first-order valence-corrected chi connectivity index (χ1v) is 8.36. The van der Waals surface area contributed by atoms with Crippen molar-refractivity contribution in [3.8, 4) is 11.5 Å². The summed E-state index contributed by atoms with van der Waals surface area (Å²) in [6, 6.07) is 13.1. The predicted octanol–water partition coefficient (Wildman–Crippen LogP) is 1.98. The van der Waals surface area contributed by atoms with E-state index >= 15 is 0 Å². The average molecular weight is 342 g/mol. The van der Waals surface area contributed by atoms with Crippen LogP contribution >= 0.6 is 0 Å². The molecule has 6 nitrogen and oxygen atoms in total. The number of nitrogens with one attached hydrogen (secondary N) is 2. The zero-order chi connectivity index (χ0) is 17.6. The Morgan fingerprint density at radius 2 is 2.04 bits per heavy atom. The summed E-state index contributed by atoms with van der Waals surface area (Å²) < 4.78 is 5.42. The lowest BCUT2D eigenvalue weighted by molar-refractivity contribution is -0.118. The lowest BCUT2D eigenvalue weighted by atomic mass is 10.0. The molecule has 1 atom stereocenters. The van der Waals surface area contributed by atoms with E-state index in [1.54, 1.807) is 0 Å². The summed E-state index contributed by atoms with van der Waals surface area (Å²) in [5.74, 6) is 0.108. The number of amides is 1. The van der Waals surface area contributed by atoms with Crippen LogP contribution in [0.2, 0.25) is 0 Å². The smallest absolute Gasteiger partial charge is 0.262 e. The Bertz CT molecular complexity index is 734. The van der Waals surface area contributed by atoms with Crippen LogP contribution in [-0.2, 0) is 11.2 Å². The molecule has 1 amide bonds. The second-order valence-corrected chi connectivity index (χ2v) is 6.06. The molecule has 2 aromatic carbocycles. The molecule has 0 aromatic heterocycles. The third-order valence-corrected chi connectivity index (χ3v) is 4.08. The summed E-state index contributed by atoms with van der Waals surface area (Å²) in [4.78, 5) is 11.4. The number of anilines is 1. The number of aliphatic hydroxyl groups excluding tert-OH is 1. The Labute approximate surface area is 146 Å². The van der Waals surface area contributed by atoms with Crippen LogP contribution in [0.5, 0.6) is 11.5 Å². The van der Waals surface area contributed by atoms with E-state index < -0.39 is 6.10 Å². The maximum atomic E-state index is 11.4. The van der Waals surface area contributed by atoms with Gasteiger partial charge < -0.3 is 25.6 Å². The maximum Gasteiger partial charge on any atom is 0.262 e. The van der Waals surface area contributed by atoms with E-state index in [4.69, 9.17) is 4.74 Å². The molecular weight excluding hydrogens is 320 g/mol. The van der Waals surface area contributed by atoms with Gasteiger partial charge in [0, 0.05) is 18.2 Å². The summed E-state index contributed by atoms with van der Waals surface area (Å²) in [6.45, 7) is 1.01. The zero-order valence-corrected chi connectivity index (χ0v) is 13.9. The number of benzene rings is 2. The molecule has 1 aliphatic rings. The van der Waals surface area contributed by atoms with Gasteiger partial charge in [0.25, 0.3) is 5.91 Å². The first-order valence-electron chi connectivity index (χ1n) is 8.36. The normalized spacial score (nSPS) is 14.4. The van der Waals surface area contributed by atoms with Crippen molar-refractivity contribution in [1.29, 1.82) is 0 Å². The molecule has 25 heavy (non-hydrogen) atoms. The Morgan fingerprint density at radius 3 is 2.84 bits per heavy atom. The number of carbonyl (C=O) groups excluding carboxylic acids is 1. The number of hydrogen-bond donors (Lipinski definition) is 4. The molecule has 3 rings (SSSR count). The van der Waals surface area contributed by atoms with Crippen LogP contribution in [0.4, 0.5) is 5.69 Å². The van der Waals surface area contributed by atoms with Crippen LogP contribution in [0.25, 0.3) is 0 Å². The fourth-order valence-corrected chi connectivity index (χ4v) is 2.87. The van der Waals surface area contributed by atoms with Gasteiger partial charge in [-0.25, -0.2) is 0 Å². The minimum atomic E-state index is -0.840. The van der Waals surface area contributed by atoms with Gasteiger partial charge in [-0.3, -0.25) is 4.79 Å². The van der Waals surface area contributed by atoms with Crippen molar-refractivity contribution in [2.75, 3.05) is 25.0 Å². The molecule has 0 saturated heterocycles. The molecule has 0 bridgehead atoms. The van der Waals surface area contributed by atoms with Crippen LogP contribution in [-0.4, -0.2) is 35.8 Å². The van der Waals surface area contributed by atoms with Crippen molar-refractivity contribution in [2.45, 2.75) is 18.9 Å². The number of aliphatic hydroxyl groups is 1. The summed E-state index contributed by atoms with van der Waals surface area (Å²) in [6.07, 6.45) is 1.09. The van der Waals surface area contributed by atoms with Gasteiger partial charge in [0.1, 0.15) is 11.5 Å². The number of ether oxygens (including phenoxy) is 1. The summed E-state index contributed by atoms with van der Waals surface area (Å²) in [5, 5.41) is 26.1. The van der Waals surface area contributed by atoms with E-state index in [2.05, 4.69) is 22.8 Å². The Morgan fingerprint density at radius 1 is 1.24 bits per heavy atom. The van der Waals surface area contributed by atoms with E-state index in [0.717, 1.165) is 19.4 Å². The maximum absolute atomic E-state index is 11.4. The molecule has 0 spiro atoms. The van der Waals surface area contributed by atoms with Crippen molar-refractivity contribution in [2.24, 2.45) is 0 Å². The topological polar surface area (TPSA) is 90.8 Å². The van der Waals surface area contributed by atoms with E-state index in [9.17, 15) is 15.0 Å². The molecule has 1 aliphatic heterocycles. The highest BCUT2D eigenvalue weighted by atomic mass is 16.5. The van der Waals surface area contributed by atoms with E-state index in [-0.39, 0.29) is 18.3 Å². The molecule has 0 radical (unpaired) electrons. The van der Waals surface area contributed by atoms with Gasteiger partial charge in [0.15, 0.2) is 6.61 Å². The number of fused-ring (bicyclic) bond motifs is 1. The van der Waals surface area contributed by atoms with Crippen molar-refractivity contribution in [1.82, 2.24) is 5.32 Å². The van der Waals surface area contributed by atoms with Gasteiger partial charge in [-0.15, -0.1) is 0 Å². The molecule has 0 fully saturated rings. The van der Waals surface area contributed by atoms with Crippen molar-refractivity contribution in [3.05, 3.63) is 53.6 Å². The minimum absolute atomic E-state index is 0.0253. The summed E-state index contributed by atoms with van der Waals surface area (Å²) in [7, 11) is 0. The number of aromatic hydroxyl groups is 1. The van der Waals surface area contributed by atoms with Crippen molar-refractivity contribution >= 4 is 11.6 Å². The fraction of sp³-hybridized carbons (Fsp3) is 0.316. The number of phenols is 1.